The quantitative estimate of drug-likeness (QED) is 0.870. The summed E-state index contributed by atoms with van der Waals surface area (Å²) >= 11 is 6.19. The zero-order valence-corrected chi connectivity index (χ0v) is 14.4. The lowest BCUT2D eigenvalue weighted by Gasteiger charge is -2.39. The Morgan fingerprint density at radius 3 is 2.58 bits per heavy atom. The van der Waals surface area contributed by atoms with Gasteiger partial charge in [-0.05, 0) is 55.2 Å². The van der Waals surface area contributed by atoms with Gasteiger partial charge in [0.1, 0.15) is 5.75 Å². The van der Waals surface area contributed by atoms with Crippen molar-refractivity contribution in [3.05, 3.63) is 59.1 Å². The van der Waals surface area contributed by atoms with Gasteiger partial charge in [-0.2, -0.15) is 0 Å². The molecule has 1 heterocycles. The largest absolute Gasteiger partial charge is 0.494 e. The number of rotatable bonds is 5. The molecule has 5 heteroatoms. The van der Waals surface area contributed by atoms with Crippen LogP contribution >= 0.6 is 11.6 Å². The predicted octanol–water partition coefficient (Wildman–Crippen LogP) is 4.45. The molecule has 3 rings (SSSR count). The molecule has 1 saturated heterocycles. The van der Waals surface area contributed by atoms with Gasteiger partial charge in [0.2, 0.25) is 0 Å². The molecule has 0 aromatic heterocycles. The summed E-state index contributed by atoms with van der Waals surface area (Å²) < 4.78 is 5.39. The molecule has 2 aromatic rings. The summed E-state index contributed by atoms with van der Waals surface area (Å²) in [5.41, 5.74) is 1.92. The fourth-order valence-electron chi connectivity index (χ4n) is 2.84. The smallest absolute Gasteiger partial charge is 0.321 e. The van der Waals surface area contributed by atoms with Crippen molar-refractivity contribution in [2.75, 3.05) is 25.0 Å². The maximum Gasteiger partial charge on any atom is 0.321 e. The first-order valence-electron chi connectivity index (χ1n) is 8.18. The van der Waals surface area contributed by atoms with Crippen LogP contribution in [0, 0.1) is 5.92 Å². The van der Waals surface area contributed by atoms with E-state index in [0.717, 1.165) is 41.5 Å². The number of urea groups is 1. The Labute approximate surface area is 147 Å². The molecule has 0 saturated carbocycles. The van der Waals surface area contributed by atoms with Crippen LogP contribution in [-0.2, 0) is 6.42 Å². The van der Waals surface area contributed by atoms with Crippen LogP contribution in [0.5, 0.6) is 5.75 Å². The summed E-state index contributed by atoms with van der Waals surface area (Å²) in [6.07, 6.45) is 0.909. The summed E-state index contributed by atoms with van der Waals surface area (Å²) in [7, 11) is 0. The number of nitrogens with one attached hydrogen (secondary N) is 1. The molecule has 0 bridgehead atoms. The van der Waals surface area contributed by atoms with Crippen molar-refractivity contribution in [2.24, 2.45) is 5.92 Å². The molecule has 24 heavy (non-hydrogen) atoms. The fraction of sp³-hybridized carbons (Fsp3) is 0.316. The Balaban J connectivity index is 1.47. The number of carbonyl (C=O) groups excluding carboxylic acids is 1. The number of carbonyl (C=O) groups is 1. The third-order valence-electron chi connectivity index (χ3n) is 4.13. The van der Waals surface area contributed by atoms with E-state index in [1.807, 2.05) is 60.4 Å². The molecule has 0 unspecified atom stereocenters. The van der Waals surface area contributed by atoms with Crippen LogP contribution in [0.4, 0.5) is 10.5 Å². The van der Waals surface area contributed by atoms with Gasteiger partial charge in [-0.25, -0.2) is 4.79 Å². The van der Waals surface area contributed by atoms with E-state index in [1.54, 1.807) is 0 Å². The highest BCUT2D eigenvalue weighted by Crippen LogP contribution is 2.25. The van der Waals surface area contributed by atoms with Gasteiger partial charge in [-0.15, -0.1) is 0 Å². The molecule has 0 aliphatic carbocycles. The SMILES string of the molecule is CCOc1ccc(NC(=O)N2CC(Cc3ccccc3Cl)C2)cc1. The Bertz CT molecular complexity index is 697. The van der Waals surface area contributed by atoms with Crippen LogP contribution < -0.4 is 10.1 Å². The zero-order chi connectivity index (χ0) is 16.9. The van der Waals surface area contributed by atoms with Gasteiger partial charge in [0.25, 0.3) is 0 Å². The van der Waals surface area contributed by atoms with Gasteiger partial charge in [0.05, 0.1) is 6.61 Å². The second-order valence-electron chi connectivity index (χ2n) is 5.95. The van der Waals surface area contributed by atoms with Crippen molar-refractivity contribution < 1.29 is 9.53 Å². The van der Waals surface area contributed by atoms with Crippen molar-refractivity contribution >= 4 is 23.3 Å². The number of hydrogen-bond donors (Lipinski definition) is 1. The van der Waals surface area contributed by atoms with Gasteiger partial charge in [0.15, 0.2) is 0 Å². The molecular formula is C19H21ClN2O2. The second kappa shape index (κ2) is 7.58. The number of nitrogens with zero attached hydrogens (tertiary/aromatic N) is 1. The average molecular weight is 345 g/mol. The van der Waals surface area contributed by atoms with Gasteiger partial charge in [0, 0.05) is 23.8 Å². The number of benzene rings is 2. The van der Waals surface area contributed by atoms with E-state index in [-0.39, 0.29) is 6.03 Å². The van der Waals surface area contributed by atoms with Crippen LogP contribution in [0.25, 0.3) is 0 Å². The van der Waals surface area contributed by atoms with E-state index in [2.05, 4.69) is 5.32 Å². The maximum absolute atomic E-state index is 12.2. The third-order valence-corrected chi connectivity index (χ3v) is 4.50. The van der Waals surface area contributed by atoms with E-state index in [4.69, 9.17) is 16.3 Å². The van der Waals surface area contributed by atoms with E-state index in [0.29, 0.717) is 12.5 Å². The van der Waals surface area contributed by atoms with E-state index >= 15 is 0 Å². The molecule has 1 N–H and O–H groups in total. The van der Waals surface area contributed by atoms with Gasteiger partial charge < -0.3 is 15.0 Å². The lowest BCUT2D eigenvalue weighted by molar-refractivity contribution is 0.131. The molecule has 4 nitrogen and oxygen atoms in total. The molecule has 0 radical (unpaired) electrons. The highest BCUT2D eigenvalue weighted by molar-refractivity contribution is 6.31. The molecule has 0 atom stereocenters. The van der Waals surface area contributed by atoms with E-state index in [1.165, 1.54) is 0 Å². The zero-order valence-electron chi connectivity index (χ0n) is 13.7. The molecule has 126 valence electrons. The minimum atomic E-state index is -0.0606. The highest BCUT2D eigenvalue weighted by atomic mass is 35.5. The first kappa shape index (κ1) is 16.7. The normalized spacial score (nSPS) is 14.2. The summed E-state index contributed by atoms with van der Waals surface area (Å²) in [6, 6.07) is 15.2. The van der Waals surface area contributed by atoms with Gasteiger partial charge in [-0.1, -0.05) is 29.8 Å². The van der Waals surface area contributed by atoms with Gasteiger partial charge >= 0.3 is 6.03 Å². The second-order valence-corrected chi connectivity index (χ2v) is 6.36. The number of hydrogen-bond acceptors (Lipinski definition) is 2. The molecule has 1 aliphatic rings. The molecular weight excluding hydrogens is 324 g/mol. The van der Waals surface area contributed by atoms with Crippen LogP contribution in [0.2, 0.25) is 5.02 Å². The van der Waals surface area contributed by atoms with Crippen molar-refractivity contribution in [3.8, 4) is 5.75 Å². The first-order valence-corrected chi connectivity index (χ1v) is 8.55. The standard InChI is InChI=1S/C19H21ClN2O2/c1-2-24-17-9-7-16(8-10-17)21-19(23)22-12-14(13-22)11-15-5-3-4-6-18(15)20/h3-10,14H,2,11-13H2,1H3,(H,21,23). The van der Waals surface area contributed by atoms with Crippen molar-refractivity contribution in [2.45, 2.75) is 13.3 Å². The van der Waals surface area contributed by atoms with Crippen molar-refractivity contribution in [1.82, 2.24) is 4.90 Å². The molecule has 2 aromatic carbocycles. The van der Waals surface area contributed by atoms with Crippen LogP contribution in [0.1, 0.15) is 12.5 Å². The predicted molar refractivity (Wildman–Crippen MR) is 96.8 cm³/mol. The minimum absolute atomic E-state index is 0.0606. The Morgan fingerprint density at radius 2 is 1.92 bits per heavy atom. The van der Waals surface area contributed by atoms with Crippen LogP contribution in [0.3, 0.4) is 0 Å². The Kier molecular flexibility index (Phi) is 5.26. The maximum atomic E-state index is 12.2. The molecule has 1 fully saturated rings. The molecule has 2 amide bonds. The Hall–Kier alpha value is -2.20. The number of likely N-dealkylation sites (tertiary alicyclic amines) is 1. The van der Waals surface area contributed by atoms with Crippen molar-refractivity contribution in [1.29, 1.82) is 0 Å². The summed E-state index contributed by atoms with van der Waals surface area (Å²) in [4.78, 5) is 14.0. The lowest BCUT2D eigenvalue weighted by atomic mass is 9.92. The summed E-state index contributed by atoms with van der Waals surface area (Å²) in [5, 5.41) is 3.72. The third kappa shape index (κ3) is 4.01. The monoisotopic (exact) mass is 344 g/mol. The Morgan fingerprint density at radius 1 is 1.21 bits per heavy atom. The topological polar surface area (TPSA) is 41.6 Å². The van der Waals surface area contributed by atoms with Crippen LogP contribution in [-0.4, -0.2) is 30.6 Å². The molecule has 0 spiro atoms. The number of amides is 2. The number of halogens is 1. The van der Waals surface area contributed by atoms with E-state index < -0.39 is 0 Å². The summed E-state index contributed by atoms with van der Waals surface area (Å²) in [5.74, 6) is 1.27. The highest BCUT2D eigenvalue weighted by Gasteiger charge is 2.30. The number of ether oxygens (including phenoxy) is 1. The molecule has 1 aliphatic heterocycles. The van der Waals surface area contributed by atoms with Crippen molar-refractivity contribution in [3.63, 3.8) is 0 Å². The average Bonchev–Trinajstić information content (AvgIpc) is 2.54. The van der Waals surface area contributed by atoms with E-state index in [9.17, 15) is 4.79 Å². The fourth-order valence-corrected chi connectivity index (χ4v) is 3.06. The first-order chi connectivity index (χ1) is 11.7. The lowest BCUT2D eigenvalue weighted by Crippen LogP contribution is -2.52. The number of anilines is 1. The van der Waals surface area contributed by atoms with Gasteiger partial charge in [-0.3, -0.25) is 0 Å². The summed E-state index contributed by atoms with van der Waals surface area (Å²) in [6.45, 7) is 4.09. The minimum Gasteiger partial charge on any atom is -0.494 e. The van der Waals surface area contributed by atoms with Crippen LogP contribution in [0.15, 0.2) is 48.5 Å².